The summed E-state index contributed by atoms with van der Waals surface area (Å²) >= 11 is 0. The maximum absolute atomic E-state index is 5.63. The minimum atomic E-state index is 0.792. The Morgan fingerprint density at radius 2 is 1.22 bits per heavy atom. The zero-order valence-electron chi connectivity index (χ0n) is 18.7. The number of anilines is 1. The summed E-state index contributed by atoms with van der Waals surface area (Å²) in [5, 5.41) is 3.67. The van der Waals surface area contributed by atoms with E-state index >= 15 is 0 Å². The summed E-state index contributed by atoms with van der Waals surface area (Å²) in [7, 11) is 5.96. The number of methoxy groups -OCH3 is 1. The number of nitrogens with zero attached hydrogens (tertiary/aromatic N) is 1. The third kappa shape index (κ3) is 4.71. The number of para-hydroxylation sites is 4. The molecule has 4 heteroatoms. The molecule has 0 aliphatic carbocycles. The summed E-state index contributed by atoms with van der Waals surface area (Å²) in [6.45, 7) is 0. The molecule has 4 aromatic rings. The van der Waals surface area contributed by atoms with Crippen LogP contribution in [-0.4, -0.2) is 27.0 Å². The van der Waals surface area contributed by atoms with Gasteiger partial charge >= 0.3 is 0 Å². The van der Waals surface area contributed by atoms with Gasteiger partial charge in [0.25, 0.3) is 5.84 Å². The van der Waals surface area contributed by atoms with Crippen molar-refractivity contribution in [3.63, 3.8) is 0 Å². The highest BCUT2D eigenvalue weighted by molar-refractivity contribution is 6.11. The number of hydrogen-bond acceptors (Lipinski definition) is 1. The Bertz CT molecular complexity index is 1140. The summed E-state index contributed by atoms with van der Waals surface area (Å²) in [5.41, 5.74) is 5.35. The third-order valence-electron chi connectivity index (χ3n) is 5.35. The zero-order chi connectivity index (χ0) is 22.3. The van der Waals surface area contributed by atoms with E-state index in [1.807, 2.05) is 36.4 Å². The number of amidine groups is 1. The highest BCUT2D eigenvalue weighted by Gasteiger charge is 2.23. The van der Waals surface area contributed by atoms with E-state index in [1.54, 1.807) is 7.11 Å². The molecular weight excluding hydrogens is 394 g/mol. The monoisotopic (exact) mass is 423 g/mol. The van der Waals surface area contributed by atoms with E-state index < -0.39 is 0 Å². The highest BCUT2D eigenvalue weighted by atomic mass is 16.5. The van der Waals surface area contributed by atoms with E-state index in [0.29, 0.717) is 0 Å². The summed E-state index contributed by atoms with van der Waals surface area (Å²) in [6.07, 6.45) is 0. The first-order chi connectivity index (χ1) is 15.7. The molecule has 0 fully saturated rings. The van der Waals surface area contributed by atoms with Crippen molar-refractivity contribution in [3.05, 3.63) is 115 Å². The van der Waals surface area contributed by atoms with Crippen molar-refractivity contribution in [2.24, 2.45) is 0 Å². The van der Waals surface area contributed by atoms with Gasteiger partial charge in [0, 0.05) is 0 Å². The normalized spacial score (nSPS) is 10.6. The van der Waals surface area contributed by atoms with E-state index in [2.05, 4.69) is 96.8 Å². The second kappa shape index (κ2) is 9.94. The van der Waals surface area contributed by atoms with Crippen molar-refractivity contribution < 1.29 is 9.64 Å². The molecule has 0 aliphatic heterocycles. The maximum Gasteiger partial charge on any atom is 0.292 e. The van der Waals surface area contributed by atoms with E-state index in [0.717, 1.165) is 34.2 Å². The molecule has 4 aromatic carbocycles. The van der Waals surface area contributed by atoms with Crippen LogP contribution in [0.5, 0.6) is 5.75 Å². The second-order valence-corrected chi connectivity index (χ2v) is 7.76. The molecule has 0 heterocycles. The molecule has 4 nitrogen and oxygen atoms in total. The van der Waals surface area contributed by atoms with E-state index in [1.165, 1.54) is 10.6 Å². The number of hydrogen-bond donors (Lipinski definition) is 2. The Morgan fingerprint density at radius 3 is 1.75 bits per heavy atom. The van der Waals surface area contributed by atoms with Gasteiger partial charge in [-0.25, -0.2) is 5.32 Å². The van der Waals surface area contributed by atoms with Crippen molar-refractivity contribution in [2.75, 3.05) is 26.5 Å². The first-order valence-electron chi connectivity index (χ1n) is 10.8. The molecule has 0 saturated carbocycles. The lowest BCUT2D eigenvalue weighted by Gasteiger charge is -2.15. The van der Waals surface area contributed by atoms with Gasteiger partial charge in [-0.1, -0.05) is 48.5 Å². The third-order valence-corrected chi connectivity index (χ3v) is 5.35. The summed E-state index contributed by atoms with van der Waals surface area (Å²) in [5.74, 6) is 1.74. The maximum atomic E-state index is 5.63. The molecule has 0 saturated heterocycles. The lowest BCUT2D eigenvalue weighted by molar-refractivity contribution is -0.786. The largest absolute Gasteiger partial charge is 0.492 e. The first kappa shape index (κ1) is 21.3. The Kier molecular flexibility index (Phi) is 6.63. The van der Waals surface area contributed by atoms with Crippen LogP contribution < -0.4 is 19.5 Å². The zero-order valence-corrected chi connectivity index (χ0v) is 18.7. The van der Waals surface area contributed by atoms with Gasteiger partial charge in [-0.3, -0.25) is 0 Å². The average Bonchev–Trinajstić information content (AvgIpc) is 2.85. The molecule has 2 N–H and O–H groups in total. The SMILES string of the molecule is COc1ccccc1NC(c1ccc([NH+](C)C)cc1)=[N+](c1ccccc1)c1ccccc1. The number of nitrogens with one attached hydrogen (secondary N) is 2. The molecule has 0 amide bonds. The fourth-order valence-corrected chi connectivity index (χ4v) is 3.66. The molecule has 4 rings (SSSR count). The fourth-order valence-electron chi connectivity index (χ4n) is 3.66. The van der Waals surface area contributed by atoms with Crippen LogP contribution in [0.15, 0.2) is 109 Å². The molecule has 160 valence electrons. The van der Waals surface area contributed by atoms with Gasteiger partial charge in [0.1, 0.15) is 17.1 Å². The Hall–Kier alpha value is -3.89. The van der Waals surface area contributed by atoms with Gasteiger partial charge in [0.2, 0.25) is 0 Å². The van der Waals surface area contributed by atoms with E-state index in [4.69, 9.17) is 4.74 Å². The second-order valence-electron chi connectivity index (χ2n) is 7.76. The molecule has 32 heavy (non-hydrogen) atoms. The van der Waals surface area contributed by atoms with Crippen LogP contribution in [0.1, 0.15) is 5.56 Å². The fraction of sp³-hybridized carbons (Fsp3) is 0.107. The van der Waals surface area contributed by atoms with Crippen LogP contribution in [0.2, 0.25) is 0 Å². The average molecular weight is 424 g/mol. The molecular formula is C28H29N3O+2. The summed E-state index contributed by atoms with van der Waals surface area (Å²) < 4.78 is 7.87. The van der Waals surface area contributed by atoms with Crippen molar-refractivity contribution in [3.8, 4) is 5.75 Å². The van der Waals surface area contributed by atoms with Crippen LogP contribution >= 0.6 is 0 Å². The van der Waals surface area contributed by atoms with Crippen molar-refractivity contribution in [2.45, 2.75) is 0 Å². The topological polar surface area (TPSA) is 28.7 Å². The predicted octanol–water partition coefficient (Wildman–Crippen LogP) is 4.86. The van der Waals surface area contributed by atoms with Crippen LogP contribution in [-0.2, 0) is 0 Å². The Labute approximate surface area is 190 Å². The van der Waals surface area contributed by atoms with Gasteiger partial charge < -0.3 is 9.64 Å². The molecule has 0 bridgehead atoms. The van der Waals surface area contributed by atoms with Crippen LogP contribution in [0, 0.1) is 0 Å². The van der Waals surface area contributed by atoms with Gasteiger partial charge in [-0.05, 0) is 60.7 Å². The minimum absolute atomic E-state index is 0.792. The summed E-state index contributed by atoms with van der Waals surface area (Å²) in [4.78, 5) is 1.29. The summed E-state index contributed by atoms with van der Waals surface area (Å²) in [6, 6.07) is 37.5. The van der Waals surface area contributed by atoms with Crippen molar-refractivity contribution in [1.82, 2.24) is 4.58 Å². The van der Waals surface area contributed by atoms with Crippen molar-refractivity contribution >= 4 is 28.6 Å². The van der Waals surface area contributed by atoms with Crippen LogP contribution in [0.25, 0.3) is 0 Å². The number of rotatable bonds is 6. The molecule has 0 radical (unpaired) electrons. The Balaban J connectivity index is 1.97. The predicted molar refractivity (Wildman–Crippen MR) is 134 cm³/mol. The minimum Gasteiger partial charge on any atom is -0.492 e. The van der Waals surface area contributed by atoms with E-state index in [-0.39, 0.29) is 0 Å². The molecule has 0 aromatic heterocycles. The smallest absolute Gasteiger partial charge is 0.292 e. The van der Waals surface area contributed by atoms with Crippen LogP contribution in [0.3, 0.4) is 0 Å². The van der Waals surface area contributed by atoms with Crippen LogP contribution in [0.4, 0.5) is 22.7 Å². The lowest BCUT2D eigenvalue weighted by Crippen LogP contribution is -3.00. The number of benzene rings is 4. The van der Waals surface area contributed by atoms with E-state index in [9.17, 15) is 0 Å². The standard InChI is InChI=1S/C28H27N3O/c1-30(2)23-20-18-22(19-21-23)28(29-26-16-10-11-17-27(26)32-3)31(24-12-6-4-7-13-24)25-14-8-5-9-15-25/h4-21H,1-3H3/p+2. The molecule has 0 aliphatic rings. The highest BCUT2D eigenvalue weighted by Crippen LogP contribution is 2.27. The number of quaternary nitrogens is 1. The lowest BCUT2D eigenvalue weighted by atomic mass is 10.1. The Morgan fingerprint density at radius 1 is 0.688 bits per heavy atom. The molecule has 0 unspecified atom stereocenters. The van der Waals surface area contributed by atoms with Gasteiger partial charge in [0.05, 0.1) is 26.8 Å². The quantitative estimate of drug-likeness (QED) is 0.263. The van der Waals surface area contributed by atoms with Gasteiger partial charge in [-0.15, -0.1) is 0 Å². The molecule has 0 spiro atoms. The van der Waals surface area contributed by atoms with Crippen molar-refractivity contribution in [1.29, 1.82) is 0 Å². The molecule has 0 atom stereocenters. The van der Waals surface area contributed by atoms with Gasteiger partial charge in [0.15, 0.2) is 11.4 Å². The first-order valence-corrected chi connectivity index (χ1v) is 10.8. The number of ether oxygens (including phenoxy) is 1. The van der Waals surface area contributed by atoms with Gasteiger partial charge in [-0.2, -0.15) is 4.58 Å².